The third kappa shape index (κ3) is 4.75. The van der Waals surface area contributed by atoms with Crippen molar-refractivity contribution in [3.8, 4) is 0 Å². The topological polar surface area (TPSA) is 37.3 Å². The molecule has 0 aliphatic rings. The molecule has 0 bridgehead atoms. The van der Waals surface area contributed by atoms with Crippen molar-refractivity contribution < 1.29 is 36.2 Å². The second-order valence-corrected chi connectivity index (χ2v) is 4.16. The van der Waals surface area contributed by atoms with Gasteiger partial charge in [-0.3, -0.25) is 4.79 Å². The Morgan fingerprint density at radius 3 is 1.75 bits per heavy atom. The van der Waals surface area contributed by atoms with Crippen molar-refractivity contribution in [2.24, 2.45) is 0 Å². The molecule has 1 N–H and O–H groups in total. The molecule has 1 aromatic rings. The highest BCUT2D eigenvalue weighted by atomic mass is 19.4. The molecule has 112 valence electrons. The zero-order valence-corrected chi connectivity index (χ0v) is 9.98. The summed E-state index contributed by atoms with van der Waals surface area (Å²) >= 11 is 0. The van der Waals surface area contributed by atoms with Crippen LogP contribution in [-0.2, 0) is 23.6 Å². The molecule has 0 heterocycles. The van der Waals surface area contributed by atoms with Crippen LogP contribution < -0.4 is 0 Å². The summed E-state index contributed by atoms with van der Waals surface area (Å²) in [5.41, 5.74) is -2.97. The fraction of sp³-hybridized carbons (Fsp3) is 0.417. The van der Waals surface area contributed by atoms with E-state index in [4.69, 9.17) is 5.11 Å². The molecule has 0 saturated heterocycles. The number of benzene rings is 1. The van der Waals surface area contributed by atoms with Crippen LogP contribution in [0.2, 0.25) is 0 Å². The van der Waals surface area contributed by atoms with Gasteiger partial charge in [-0.2, -0.15) is 26.3 Å². The summed E-state index contributed by atoms with van der Waals surface area (Å²) < 4.78 is 75.1. The number of aryl methyl sites for hydroxylation is 1. The molecule has 0 aromatic heterocycles. The number of alkyl halides is 6. The fourth-order valence-electron chi connectivity index (χ4n) is 1.61. The van der Waals surface area contributed by atoms with Crippen molar-refractivity contribution in [3.05, 3.63) is 34.9 Å². The predicted octanol–water partition coefficient (Wildman–Crippen LogP) is 4.13. The number of hydrogen-bond acceptors (Lipinski definition) is 1. The highest BCUT2D eigenvalue weighted by Crippen LogP contribution is 2.36. The summed E-state index contributed by atoms with van der Waals surface area (Å²) in [5.74, 6) is -1.16. The molecule has 8 heteroatoms. The number of carboxylic acids is 1. The van der Waals surface area contributed by atoms with Gasteiger partial charge >= 0.3 is 18.3 Å². The van der Waals surface area contributed by atoms with Crippen LogP contribution >= 0.6 is 0 Å². The first-order valence-corrected chi connectivity index (χ1v) is 5.50. The first-order valence-electron chi connectivity index (χ1n) is 5.50. The van der Waals surface area contributed by atoms with E-state index in [9.17, 15) is 31.1 Å². The van der Waals surface area contributed by atoms with Crippen molar-refractivity contribution in [1.82, 2.24) is 0 Å². The van der Waals surface area contributed by atoms with E-state index in [0.29, 0.717) is 12.1 Å². The first kappa shape index (κ1) is 16.3. The van der Waals surface area contributed by atoms with E-state index >= 15 is 0 Å². The Hall–Kier alpha value is -1.73. The van der Waals surface area contributed by atoms with Gasteiger partial charge in [-0.15, -0.1) is 0 Å². The Labute approximate surface area is 110 Å². The number of carbonyl (C=O) groups is 1. The van der Waals surface area contributed by atoms with Gasteiger partial charge in [-0.05, 0) is 36.6 Å². The lowest BCUT2D eigenvalue weighted by Crippen LogP contribution is -2.12. The molecule has 1 aromatic carbocycles. The highest BCUT2D eigenvalue weighted by molar-refractivity contribution is 5.66. The van der Waals surface area contributed by atoms with Crippen LogP contribution in [-0.4, -0.2) is 11.1 Å². The summed E-state index contributed by atoms with van der Waals surface area (Å²) in [7, 11) is 0. The number of halogens is 6. The van der Waals surface area contributed by atoms with E-state index < -0.39 is 29.4 Å². The van der Waals surface area contributed by atoms with E-state index in [-0.39, 0.29) is 30.9 Å². The Balaban J connectivity index is 3.08. The van der Waals surface area contributed by atoms with Crippen molar-refractivity contribution in [2.45, 2.75) is 31.6 Å². The van der Waals surface area contributed by atoms with Gasteiger partial charge in [-0.25, -0.2) is 0 Å². The van der Waals surface area contributed by atoms with Gasteiger partial charge in [-0.1, -0.05) is 0 Å². The van der Waals surface area contributed by atoms with Crippen LogP contribution in [0.25, 0.3) is 0 Å². The predicted molar refractivity (Wildman–Crippen MR) is 57.0 cm³/mol. The molecule has 0 atom stereocenters. The summed E-state index contributed by atoms with van der Waals surface area (Å²) in [5, 5.41) is 8.40. The molecule has 0 amide bonds. The van der Waals surface area contributed by atoms with E-state index in [1.807, 2.05) is 0 Å². The van der Waals surface area contributed by atoms with Gasteiger partial charge < -0.3 is 5.11 Å². The molecule has 0 radical (unpaired) electrons. The lowest BCUT2D eigenvalue weighted by atomic mass is 10.0. The molecule has 0 unspecified atom stereocenters. The minimum atomic E-state index is -4.89. The van der Waals surface area contributed by atoms with Crippen LogP contribution in [0.4, 0.5) is 26.3 Å². The Kier molecular flexibility index (Phi) is 4.67. The zero-order valence-electron chi connectivity index (χ0n) is 9.98. The standard InChI is InChI=1S/C12H10F6O2/c13-11(14,15)8-4-7(2-1-3-10(19)20)5-9(6-8)12(16,17)18/h4-6H,1-3H2,(H,19,20). The summed E-state index contributed by atoms with van der Waals surface area (Å²) in [6, 6.07) is 1.26. The Bertz CT molecular complexity index is 457. The average molecular weight is 300 g/mol. The molecule has 20 heavy (non-hydrogen) atoms. The van der Waals surface area contributed by atoms with Gasteiger partial charge in [0.15, 0.2) is 0 Å². The second-order valence-electron chi connectivity index (χ2n) is 4.16. The molecule has 1 rings (SSSR count). The molecule has 0 aliphatic heterocycles. The van der Waals surface area contributed by atoms with Gasteiger partial charge in [0, 0.05) is 6.42 Å². The molecule has 0 spiro atoms. The lowest BCUT2D eigenvalue weighted by Gasteiger charge is -2.14. The maximum Gasteiger partial charge on any atom is 0.416 e. The number of rotatable bonds is 4. The van der Waals surface area contributed by atoms with Crippen molar-refractivity contribution in [1.29, 1.82) is 0 Å². The van der Waals surface area contributed by atoms with E-state index in [1.165, 1.54) is 0 Å². The van der Waals surface area contributed by atoms with Crippen LogP contribution in [0.15, 0.2) is 18.2 Å². The van der Waals surface area contributed by atoms with Gasteiger partial charge in [0.05, 0.1) is 11.1 Å². The summed E-state index contributed by atoms with van der Waals surface area (Å²) in [6.45, 7) is 0. The fourth-order valence-corrected chi connectivity index (χ4v) is 1.61. The Morgan fingerprint density at radius 1 is 0.950 bits per heavy atom. The van der Waals surface area contributed by atoms with Crippen LogP contribution in [0.3, 0.4) is 0 Å². The van der Waals surface area contributed by atoms with Gasteiger partial charge in [0.1, 0.15) is 0 Å². The maximum absolute atomic E-state index is 12.5. The lowest BCUT2D eigenvalue weighted by molar-refractivity contribution is -0.143. The van der Waals surface area contributed by atoms with Crippen molar-refractivity contribution in [2.75, 3.05) is 0 Å². The zero-order chi connectivity index (χ0) is 15.6. The second kappa shape index (κ2) is 5.72. The maximum atomic E-state index is 12.5. The molecule has 0 saturated carbocycles. The average Bonchev–Trinajstić information content (AvgIpc) is 2.25. The minimum Gasteiger partial charge on any atom is -0.481 e. The third-order valence-corrected chi connectivity index (χ3v) is 2.50. The highest BCUT2D eigenvalue weighted by Gasteiger charge is 2.36. The van der Waals surface area contributed by atoms with Gasteiger partial charge in [0.2, 0.25) is 0 Å². The minimum absolute atomic E-state index is 0.0338. The van der Waals surface area contributed by atoms with Crippen molar-refractivity contribution in [3.63, 3.8) is 0 Å². The number of aliphatic carboxylic acids is 1. The third-order valence-electron chi connectivity index (χ3n) is 2.50. The molecule has 2 nitrogen and oxygen atoms in total. The van der Waals surface area contributed by atoms with Crippen molar-refractivity contribution >= 4 is 5.97 Å². The normalized spacial score (nSPS) is 12.5. The smallest absolute Gasteiger partial charge is 0.416 e. The molecular weight excluding hydrogens is 290 g/mol. The molecule has 0 aliphatic carbocycles. The summed E-state index contributed by atoms with van der Waals surface area (Å²) in [6.07, 6.45) is -10.3. The van der Waals surface area contributed by atoms with Crippen LogP contribution in [0.1, 0.15) is 29.5 Å². The quantitative estimate of drug-likeness (QED) is 0.849. The van der Waals surface area contributed by atoms with E-state index in [1.54, 1.807) is 0 Å². The van der Waals surface area contributed by atoms with Crippen LogP contribution in [0.5, 0.6) is 0 Å². The van der Waals surface area contributed by atoms with E-state index in [0.717, 1.165) is 0 Å². The number of hydrogen-bond donors (Lipinski definition) is 1. The number of carboxylic acid groups (broad SMARTS) is 1. The SMILES string of the molecule is O=C(O)CCCc1cc(C(F)(F)F)cc(C(F)(F)F)c1. The van der Waals surface area contributed by atoms with E-state index in [2.05, 4.69) is 0 Å². The molecule has 0 fully saturated rings. The monoisotopic (exact) mass is 300 g/mol. The Morgan fingerprint density at radius 2 is 1.40 bits per heavy atom. The van der Waals surface area contributed by atoms with Crippen LogP contribution in [0, 0.1) is 0 Å². The van der Waals surface area contributed by atoms with Gasteiger partial charge in [0.25, 0.3) is 0 Å². The largest absolute Gasteiger partial charge is 0.481 e. The summed E-state index contributed by atoms with van der Waals surface area (Å²) in [4.78, 5) is 10.3. The molecular formula is C12H10F6O2. The first-order chi connectivity index (χ1) is 9.00.